The number of fused-ring (bicyclic) bond motifs is 2. The first-order valence-electron chi connectivity index (χ1n) is 7.63. The van der Waals surface area contributed by atoms with Gasteiger partial charge in [-0.2, -0.15) is 0 Å². The van der Waals surface area contributed by atoms with E-state index in [0.717, 1.165) is 22.3 Å². The zero-order chi connectivity index (χ0) is 16.7. The van der Waals surface area contributed by atoms with E-state index in [9.17, 15) is 9.59 Å². The van der Waals surface area contributed by atoms with Gasteiger partial charge in [0, 0.05) is 16.6 Å². The normalized spacial score (nSPS) is 13.3. The zero-order valence-corrected chi connectivity index (χ0v) is 13.1. The Hall–Kier alpha value is -3.09. The van der Waals surface area contributed by atoms with Crippen LogP contribution in [0.2, 0.25) is 0 Å². The maximum Gasteiger partial charge on any atom is 0.256 e. The minimum Gasteiger partial charge on any atom is -0.497 e. The molecule has 1 amide bonds. The fourth-order valence-corrected chi connectivity index (χ4v) is 3.04. The fourth-order valence-electron chi connectivity index (χ4n) is 3.04. The van der Waals surface area contributed by atoms with Crippen LogP contribution in [0.4, 0.5) is 0 Å². The molecule has 4 rings (SSSR count). The first-order valence-corrected chi connectivity index (χ1v) is 7.63. The van der Waals surface area contributed by atoms with E-state index in [4.69, 9.17) is 4.74 Å². The molecule has 0 aliphatic carbocycles. The van der Waals surface area contributed by atoms with E-state index in [2.05, 4.69) is 15.0 Å². The van der Waals surface area contributed by atoms with Gasteiger partial charge in [0.15, 0.2) is 0 Å². The number of carbonyl (C=O) groups is 1. The first kappa shape index (κ1) is 14.5. The topological polar surface area (TPSA) is 91.1 Å². The lowest BCUT2D eigenvalue weighted by atomic mass is 10.2. The Bertz CT molecular complexity index is 989. The van der Waals surface area contributed by atoms with Crippen LogP contribution in [0.15, 0.2) is 35.4 Å². The maximum absolute atomic E-state index is 12.5. The monoisotopic (exact) mass is 324 g/mol. The van der Waals surface area contributed by atoms with E-state index >= 15 is 0 Å². The average molecular weight is 324 g/mol. The molecular weight excluding hydrogens is 308 g/mol. The molecule has 0 saturated heterocycles. The van der Waals surface area contributed by atoms with Crippen LogP contribution in [0.25, 0.3) is 10.9 Å². The molecule has 7 nitrogen and oxygen atoms in total. The lowest BCUT2D eigenvalue weighted by Crippen LogP contribution is -2.27. The number of methoxy groups -OCH3 is 1. The summed E-state index contributed by atoms with van der Waals surface area (Å²) >= 11 is 0. The Labute approximate surface area is 137 Å². The molecule has 0 unspecified atom stereocenters. The standard InChI is InChI=1S/C17H16N4O3/c1-24-12-2-3-14-10(5-12)4-11(20-14)6-16(22)21-7-13-15(8-21)18-9-19-17(13)23/h2-5,9,20H,6-8H2,1H3,(H,18,19,23). The average Bonchev–Trinajstić information content (AvgIpc) is 3.18. The Balaban J connectivity index is 1.53. The van der Waals surface area contributed by atoms with Gasteiger partial charge in [-0.05, 0) is 24.3 Å². The molecule has 0 fully saturated rings. The van der Waals surface area contributed by atoms with Crippen molar-refractivity contribution >= 4 is 16.8 Å². The largest absolute Gasteiger partial charge is 0.497 e. The lowest BCUT2D eigenvalue weighted by Gasteiger charge is -2.14. The van der Waals surface area contributed by atoms with Crippen molar-refractivity contribution in [1.82, 2.24) is 19.9 Å². The number of aromatic amines is 2. The summed E-state index contributed by atoms with van der Waals surface area (Å²) in [6.45, 7) is 0.692. The van der Waals surface area contributed by atoms with E-state index in [0.29, 0.717) is 24.3 Å². The first-order chi connectivity index (χ1) is 11.6. The number of H-pyrrole nitrogens is 2. The van der Waals surface area contributed by atoms with Gasteiger partial charge in [-0.3, -0.25) is 9.59 Å². The molecule has 1 aliphatic heterocycles. The van der Waals surface area contributed by atoms with Crippen molar-refractivity contribution in [1.29, 1.82) is 0 Å². The minimum atomic E-state index is -0.173. The van der Waals surface area contributed by atoms with Crippen LogP contribution in [0.5, 0.6) is 5.75 Å². The highest BCUT2D eigenvalue weighted by molar-refractivity contribution is 5.85. The number of nitrogens with zero attached hydrogens (tertiary/aromatic N) is 2. The molecule has 1 aromatic carbocycles. The number of aromatic nitrogens is 3. The summed E-state index contributed by atoms with van der Waals surface area (Å²) in [5.74, 6) is 0.741. The SMILES string of the molecule is COc1ccc2[nH]c(CC(=O)N3Cc4nc[nH]c(=O)c4C3)cc2c1. The van der Waals surface area contributed by atoms with E-state index < -0.39 is 0 Å². The number of nitrogens with one attached hydrogen (secondary N) is 2. The number of hydrogen-bond acceptors (Lipinski definition) is 4. The molecule has 3 aromatic rings. The van der Waals surface area contributed by atoms with Gasteiger partial charge in [-0.25, -0.2) is 4.98 Å². The summed E-state index contributed by atoms with van der Waals surface area (Å²) in [4.78, 5) is 35.9. The van der Waals surface area contributed by atoms with Gasteiger partial charge < -0.3 is 19.6 Å². The van der Waals surface area contributed by atoms with Crippen LogP contribution in [-0.2, 0) is 24.3 Å². The highest BCUT2D eigenvalue weighted by Gasteiger charge is 2.26. The predicted molar refractivity (Wildman–Crippen MR) is 87.7 cm³/mol. The number of rotatable bonds is 3. The highest BCUT2D eigenvalue weighted by atomic mass is 16.5. The third kappa shape index (κ3) is 2.44. The Morgan fingerprint density at radius 3 is 3.00 bits per heavy atom. The molecule has 1 aliphatic rings. The number of amides is 1. The zero-order valence-electron chi connectivity index (χ0n) is 13.1. The second kappa shape index (κ2) is 5.52. The van der Waals surface area contributed by atoms with Crippen LogP contribution in [-0.4, -0.2) is 32.9 Å². The second-order valence-corrected chi connectivity index (χ2v) is 5.83. The molecule has 24 heavy (non-hydrogen) atoms. The summed E-state index contributed by atoms with van der Waals surface area (Å²) in [5, 5.41) is 1.000. The molecule has 2 N–H and O–H groups in total. The Morgan fingerprint density at radius 1 is 1.33 bits per heavy atom. The van der Waals surface area contributed by atoms with Crippen molar-refractivity contribution in [2.75, 3.05) is 7.11 Å². The van der Waals surface area contributed by atoms with Gasteiger partial charge in [0.05, 0.1) is 44.2 Å². The molecule has 7 heteroatoms. The van der Waals surface area contributed by atoms with Crippen LogP contribution in [0.1, 0.15) is 17.0 Å². The van der Waals surface area contributed by atoms with E-state index in [1.165, 1.54) is 6.33 Å². The second-order valence-electron chi connectivity index (χ2n) is 5.83. The number of hydrogen-bond donors (Lipinski definition) is 2. The molecule has 2 aromatic heterocycles. The number of ether oxygens (including phenoxy) is 1. The van der Waals surface area contributed by atoms with Gasteiger partial charge in [0.25, 0.3) is 5.56 Å². The van der Waals surface area contributed by atoms with Crippen molar-refractivity contribution in [2.24, 2.45) is 0 Å². The van der Waals surface area contributed by atoms with Gasteiger partial charge in [-0.15, -0.1) is 0 Å². The van der Waals surface area contributed by atoms with E-state index in [-0.39, 0.29) is 17.9 Å². The molecule has 122 valence electrons. The summed E-state index contributed by atoms with van der Waals surface area (Å²) in [7, 11) is 1.62. The van der Waals surface area contributed by atoms with E-state index in [1.54, 1.807) is 12.0 Å². The minimum absolute atomic E-state index is 0.0362. The van der Waals surface area contributed by atoms with Crippen LogP contribution in [0.3, 0.4) is 0 Å². The van der Waals surface area contributed by atoms with Gasteiger partial charge in [0.1, 0.15) is 5.75 Å². The van der Waals surface area contributed by atoms with Crippen molar-refractivity contribution in [3.63, 3.8) is 0 Å². The van der Waals surface area contributed by atoms with Crippen molar-refractivity contribution in [2.45, 2.75) is 19.5 Å². The smallest absolute Gasteiger partial charge is 0.256 e. The number of carbonyl (C=O) groups excluding carboxylic acids is 1. The van der Waals surface area contributed by atoms with Gasteiger partial charge in [-0.1, -0.05) is 0 Å². The van der Waals surface area contributed by atoms with Gasteiger partial charge >= 0.3 is 0 Å². The van der Waals surface area contributed by atoms with Crippen molar-refractivity contribution in [3.8, 4) is 5.75 Å². The summed E-state index contributed by atoms with van der Waals surface area (Å²) in [6.07, 6.45) is 1.63. The van der Waals surface area contributed by atoms with Crippen LogP contribution in [0, 0.1) is 0 Å². The summed E-state index contributed by atoms with van der Waals surface area (Å²) < 4.78 is 5.21. The molecule has 0 radical (unpaired) electrons. The molecule has 0 bridgehead atoms. The third-order valence-electron chi connectivity index (χ3n) is 4.31. The molecular formula is C17H16N4O3. The van der Waals surface area contributed by atoms with Crippen LogP contribution >= 0.6 is 0 Å². The maximum atomic E-state index is 12.5. The molecule has 0 atom stereocenters. The molecule has 0 spiro atoms. The van der Waals surface area contributed by atoms with Crippen molar-refractivity contribution in [3.05, 3.63) is 57.9 Å². The van der Waals surface area contributed by atoms with Crippen LogP contribution < -0.4 is 10.3 Å². The number of benzene rings is 1. The third-order valence-corrected chi connectivity index (χ3v) is 4.31. The molecule has 0 saturated carbocycles. The Kier molecular flexibility index (Phi) is 3.34. The summed E-state index contributed by atoms with van der Waals surface area (Å²) in [5.41, 5.74) is 2.87. The quantitative estimate of drug-likeness (QED) is 0.761. The predicted octanol–water partition coefficient (Wildman–Crippen LogP) is 1.34. The fraction of sp³-hybridized carbons (Fsp3) is 0.235. The van der Waals surface area contributed by atoms with E-state index in [1.807, 2.05) is 24.3 Å². The Morgan fingerprint density at radius 2 is 2.21 bits per heavy atom. The van der Waals surface area contributed by atoms with Crippen molar-refractivity contribution < 1.29 is 9.53 Å². The highest BCUT2D eigenvalue weighted by Crippen LogP contribution is 2.23. The lowest BCUT2D eigenvalue weighted by molar-refractivity contribution is -0.131. The van der Waals surface area contributed by atoms with Gasteiger partial charge in [0.2, 0.25) is 5.91 Å². The summed E-state index contributed by atoms with van der Waals surface area (Å²) in [6, 6.07) is 7.68. The molecule has 3 heterocycles.